The zero-order chi connectivity index (χ0) is 21.9. The Kier molecular flexibility index (Phi) is 9.58. The van der Waals surface area contributed by atoms with E-state index in [-0.39, 0.29) is 24.5 Å². The first-order valence-corrected chi connectivity index (χ1v) is 10.4. The van der Waals surface area contributed by atoms with Crippen LogP contribution in [0.15, 0.2) is 24.3 Å². The fourth-order valence-corrected chi connectivity index (χ4v) is 3.15. The molecule has 0 unspecified atom stereocenters. The standard InChI is InChI=1S/C22H32N4O4/c1-16(2)12-20(25-22(28)26-8-10-29-11-9-26)21(27)24-19(13-23)15-30-14-18-7-5-4-6-17(18)3/h4-7,16,19-20H,8-12,14-15H2,1-3H3,(H,24,27)(H,25,28)/t19-,20+/m1/s1. The molecule has 164 valence electrons. The van der Waals surface area contributed by atoms with Gasteiger partial charge in [-0.25, -0.2) is 4.79 Å². The minimum Gasteiger partial charge on any atom is -0.378 e. The quantitative estimate of drug-likeness (QED) is 0.641. The number of nitriles is 1. The average molecular weight is 417 g/mol. The van der Waals surface area contributed by atoms with E-state index in [1.54, 1.807) is 4.90 Å². The molecule has 1 aromatic rings. The second kappa shape index (κ2) is 12.2. The summed E-state index contributed by atoms with van der Waals surface area (Å²) >= 11 is 0. The molecular formula is C22H32N4O4. The van der Waals surface area contributed by atoms with Gasteiger partial charge in [-0.1, -0.05) is 38.1 Å². The van der Waals surface area contributed by atoms with E-state index in [0.717, 1.165) is 11.1 Å². The third-order valence-electron chi connectivity index (χ3n) is 4.90. The molecule has 0 spiro atoms. The topological polar surface area (TPSA) is 104 Å². The van der Waals surface area contributed by atoms with Crippen LogP contribution in [-0.2, 0) is 20.9 Å². The summed E-state index contributed by atoms with van der Waals surface area (Å²) in [5, 5.41) is 14.9. The number of rotatable bonds is 9. The third-order valence-corrected chi connectivity index (χ3v) is 4.90. The number of ether oxygens (including phenoxy) is 2. The number of hydrogen-bond donors (Lipinski definition) is 2. The maximum Gasteiger partial charge on any atom is 0.318 e. The van der Waals surface area contributed by atoms with E-state index in [1.807, 2.05) is 45.0 Å². The zero-order valence-electron chi connectivity index (χ0n) is 18.0. The molecule has 1 aromatic carbocycles. The number of aryl methyl sites for hydroxylation is 1. The maximum absolute atomic E-state index is 12.8. The SMILES string of the molecule is Cc1ccccc1COC[C@@H](C#N)NC(=O)[C@H](CC(C)C)NC(=O)N1CCOCC1. The number of carbonyl (C=O) groups is 2. The molecule has 1 saturated heterocycles. The van der Waals surface area contributed by atoms with Crippen LogP contribution in [0.2, 0.25) is 0 Å². The highest BCUT2D eigenvalue weighted by molar-refractivity contribution is 5.87. The highest BCUT2D eigenvalue weighted by Crippen LogP contribution is 2.09. The Labute approximate surface area is 178 Å². The Hall–Kier alpha value is -2.63. The molecule has 8 nitrogen and oxygen atoms in total. The fourth-order valence-electron chi connectivity index (χ4n) is 3.15. The van der Waals surface area contributed by atoms with Gasteiger partial charge in [0.2, 0.25) is 5.91 Å². The fraction of sp³-hybridized carbons (Fsp3) is 0.591. The van der Waals surface area contributed by atoms with Gasteiger partial charge >= 0.3 is 6.03 Å². The van der Waals surface area contributed by atoms with E-state index in [0.29, 0.717) is 39.3 Å². The lowest BCUT2D eigenvalue weighted by Crippen LogP contribution is -2.55. The molecule has 2 rings (SSSR count). The summed E-state index contributed by atoms with van der Waals surface area (Å²) in [7, 11) is 0. The van der Waals surface area contributed by atoms with Gasteiger partial charge in [0.1, 0.15) is 12.1 Å². The van der Waals surface area contributed by atoms with Crippen LogP contribution in [0.3, 0.4) is 0 Å². The number of hydrogen-bond acceptors (Lipinski definition) is 5. The van der Waals surface area contributed by atoms with Crippen molar-refractivity contribution in [1.82, 2.24) is 15.5 Å². The predicted molar refractivity (Wildman–Crippen MR) is 113 cm³/mol. The smallest absolute Gasteiger partial charge is 0.318 e. The summed E-state index contributed by atoms with van der Waals surface area (Å²) in [5.41, 5.74) is 2.15. The number of nitrogens with one attached hydrogen (secondary N) is 2. The number of amides is 3. The van der Waals surface area contributed by atoms with Gasteiger partial charge in [0.05, 0.1) is 32.5 Å². The first-order valence-electron chi connectivity index (χ1n) is 10.4. The van der Waals surface area contributed by atoms with Crippen molar-refractivity contribution in [2.75, 3.05) is 32.9 Å². The summed E-state index contributed by atoms with van der Waals surface area (Å²) in [4.78, 5) is 26.9. The van der Waals surface area contributed by atoms with Gasteiger partial charge in [0.15, 0.2) is 0 Å². The van der Waals surface area contributed by atoms with Crippen molar-refractivity contribution < 1.29 is 19.1 Å². The number of benzene rings is 1. The molecule has 1 heterocycles. The molecule has 1 aliphatic rings. The Morgan fingerprint density at radius 3 is 2.57 bits per heavy atom. The van der Waals surface area contributed by atoms with Crippen molar-refractivity contribution in [3.63, 3.8) is 0 Å². The van der Waals surface area contributed by atoms with Crippen LogP contribution in [0, 0.1) is 24.2 Å². The maximum atomic E-state index is 12.8. The average Bonchev–Trinajstić information content (AvgIpc) is 2.74. The Balaban J connectivity index is 1.89. The van der Waals surface area contributed by atoms with Crippen LogP contribution in [0.5, 0.6) is 0 Å². The van der Waals surface area contributed by atoms with Gasteiger partial charge in [-0.2, -0.15) is 5.26 Å². The molecule has 3 amide bonds. The van der Waals surface area contributed by atoms with Gasteiger partial charge in [-0.15, -0.1) is 0 Å². The van der Waals surface area contributed by atoms with Gasteiger partial charge in [0.25, 0.3) is 0 Å². The van der Waals surface area contributed by atoms with Crippen molar-refractivity contribution in [3.8, 4) is 6.07 Å². The van der Waals surface area contributed by atoms with Crippen molar-refractivity contribution in [2.45, 2.75) is 45.9 Å². The van der Waals surface area contributed by atoms with Crippen LogP contribution in [0.4, 0.5) is 4.79 Å². The summed E-state index contributed by atoms with van der Waals surface area (Å²) in [6, 6.07) is 8.12. The Morgan fingerprint density at radius 1 is 1.23 bits per heavy atom. The number of carbonyl (C=O) groups excluding carboxylic acids is 2. The lowest BCUT2D eigenvalue weighted by atomic mass is 10.0. The molecule has 0 radical (unpaired) electrons. The van der Waals surface area contributed by atoms with Crippen molar-refractivity contribution >= 4 is 11.9 Å². The lowest BCUT2D eigenvalue weighted by Gasteiger charge is -2.29. The molecule has 8 heteroatoms. The zero-order valence-corrected chi connectivity index (χ0v) is 18.0. The molecule has 0 saturated carbocycles. The molecular weight excluding hydrogens is 384 g/mol. The van der Waals surface area contributed by atoms with Crippen LogP contribution in [-0.4, -0.2) is 61.8 Å². The largest absolute Gasteiger partial charge is 0.378 e. The van der Waals surface area contributed by atoms with Gasteiger partial charge in [-0.3, -0.25) is 4.79 Å². The molecule has 2 N–H and O–H groups in total. The molecule has 2 atom stereocenters. The van der Waals surface area contributed by atoms with E-state index >= 15 is 0 Å². The Bertz CT molecular complexity index is 741. The van der Waals surface area contributed by atoms with Crippen molar-refractivity contribution in [3.05, 3.63) is 35.4 Å². The van der Waals surface area contributed by atoms with Gasteiger partial charge in [0, 0.05) is 13.1 Å². The molecule has 0 aromatic heterocycles. The van der Waals surface area contributed by atoms with E-state index in [1.165, 1.54) is 0 Å². The Morgan fingerprint density at radius 2 is 1.93 bits per heavy atom. The third kappa shape index (κ3) is 7.65. The minimum absolute atomic E-state index is 0.0718. The molecule has 1 aliphatic heterocycles. The van der Waals surface area contributed by atoms with Crippen LogP contribution in [0.25, 0.3) is 0 Å². The summed E-state index contributed by atoms with van der Waals surface area (Å²) in [6.07, 6.45) is 0.476. The normalized spacial score (nSPS) is 15.9. The lowest BCUT2D eigenvalue weighted by molar-refractivity contribution is -0.124. The van der Waals surface area contributed by atoms with E-state index in [4.69, 9.17) is 9.47 Å². The van der Waals surface area contributed by atoms with E-state index in [2.05, 4.69) is 16.7 Å². The van der Waals surface area contributed by atoms with Crippen LogP contribution >= 0.6 is 0 Å². The highest BCUT2D eigenvalue weighted by Gasteiger charge is 2.27. The molecule has 0 bridgehead atoms. The van der Waals surface area contributed by atoms with Crippen molar-refractivity contribution in [2.24, 2.45) is 5.92 Å². The summed E-state index contributed by atoms with van der Waals surface area (Å²) in [6.45, 7) is 8.36. The number of morpholine rings is 1. The minimum atomic E-state index is -0.795. The number of urea groups is 1. The van der Waals surface area contributed by atoms with Gasteiger partial charge in [-0.05, 0) is 30.4 Å². The second-order valence-electron chi connectivity index (χ2n) is 7.86. The number of nitrogens with zero attached hydrogens (tertiary/aromatic N) is 2. The molecule has 1 fully saturated rings. The second-order valence-corrected chi connectivity index (χ2v) is 7.86. The highest BCUT2D eigenvalue weighted by atomic mass is 16.5. The molecule has 30 heavy (non-hydrogen) atoms. The van der Waals surface area contributed by atoms with Gasteiger partial charge < -0.3 is 25.0 Å². The van der Waals surface area contributed by atoms with Crippen LogP contribution < -0.4 is 10.6 Å². The van der Waals surface area contributed by atoms with E-state index < -0.39 is 12.1 Å². The van der Waals surface area contributed by atoms with E-state index in [9.17, 15) is 14.9 Å². The van der Waals surface area contributed by atoms with Crippen LogP contribution in [0.1, 0.15) is 31.4 Å². The summed E-state index contributed by atoms with van der Waals surface area (Å²) in [5.74, 6) is -0.181. The summed E-state index contributed by atoms with van der Waals surface area (Å²) < 4.78 is 10.9. The molecule has 0 aliphatic carbocycles. The predicted octanol–water partition coefficient (Wildman–Crippen LogP) is 1.98. The first-order chi connectivity index (χ1) is 14.4. The monoisotopic (exact) mass is 416 g/mol. The van der Waals surface area contributed by atoms with Crippen molar-refractivity contribution in [1.29, 1.82) is 5.26 Å². The first kappa shape index (κ1) is 23.6.